The van der Waals surface area contributed by atoms with Gasteiger partial charge in [-0.15, -0.1) is 0 Å². The van der Waals surface area contributed by atoms with Crippen molar-refractivity contribution in [3.8, 4) is 5.75 Å². The van der Waals surface area contributed by atoms with Crippen LogP contribution in [0.25, 0.3) is 0 Å². The molecule has 0 radical (unpaired) electrons. The zero-order valence-electron chi connectivity index (χ0n) is 18.5. The molecule has 1 N–H and O–H groups in total. The first-order chi connectivity index (χ1) is 14.9. The van der Waals surface area contributed by atoms with Crippen molar-refractivity contribution in [2.45, 2.75) is 44.6 Å². The summed E-state index contributed by atoms with van der Waals surface area (Å²) < 4.78 is 11.5. The maximum Gasteiger partial charge on any atom is 0.306 e. The Hall–Kier alpha value is -2.86. The summed E-state index contributed by atoms with van der Waals surface area (Å²) in [5.41, 5.74) is 2.49. The number of ether oxygens (including phenoxy) is 2. The van der Waals surface area contributed by atoms with Crippen LogP contribution in [0.4, 0.5) is 0 Å². The molecule has 0 amide bonds. The number of nitrogens with zero attached hydrogens (tertiary/aromatic N) is 1. The fourth-order valence-corrected chi connectivity index (χ4v) is 3.31. The molecule has 1 unspecified atom stereocenters. The summed E-state index contributed by atoms with van der Waals surface area (Å²) in [6, 6.07) is 18.4. The van der Waals surface area contributed by atoms with Crippen LogP contribution in [0.15, 0.2) is 54.6 Å². The number of aliphatic carboxylic acids is 1. The number of aryl methyl sites for hydroxylation is 2. The molecule has 2 aromatic rings. The van der Waals surface area contributed by atoms with Gasteiger partial charge in [-0.1, -0.05) is 48.5 Å². The van der Waals surface area contributed by atoms with Crippen LogP contribution in [0.2, 0.25) is 0 Å². The molecule has 0 aliphatic carbocycles. The number of unbranched alkanes of at least 4 members (excludes halogenated alkanes) is 1. The molecule has 2 aromatic carbocycles. The van der Waals surface area contributed by atoms with Crippen molar-refractivity contribution >= 4 is 11.9 Å². The van der Waals surface area contributed by atoms with Gasteiger partial charge in [-0.2, -0.15) is 0 Å². The molecule has 0 spiro atoms. The van der Waals surface area contributed by atoms with Gasteiger partial charge in [-0.25, -0.2) is 0 Å². The summed E-state index contributed by atoms with van der Waals surface area (Å²) >= 11 is 0. The highest BCUT2D eigenvalue weighted by atomic mass is 16.6. The first-order valence-corrected chi connectivity index (χ1v) is 10.7. The molecule has 1 atom stereocenters. The lowest BCUT2D eigenvalue weighted by atomic mass is 10.0. The molecule has 0 aromatic heterocycles. The molecule has 31 heavy (non-hydrogen) atoms. The van der Waals surface area contributed by atoms with Gasteiger partial charge in [-0.05, 0) is 57.0 Å². The van der Waals surface area contributed by atoms with E-state index < -0.39 is 18.0 Å². The lowest BCUT2D eigenvalue weighted by Gasteiger charge is -2.22. The minimum absolute atomic E-state index is 0.142. The van der Waals surface area contributed by atoms with Crippen LogP contribution in [-0.4, -0.2) is 55.3 Å². The molecule has 0 bridgehead atoms. The van der Waals surface area contributed by atoms with E-state index in [0.717, 1.165) is 37.0 Å². The van der Waals surface area contributed by atoms with Gasteiger partial charge in [0.25, 0.3) is 0 Å². The molecular weight excluding hydrogens is 394 g/mol. The largest absolute Gasteiger partial charge is 0.489 e. The second-order valence-corrected chi connectivity index (χ2v) is 7.88. The number of likely N-dealkylation sites (N-methyl/N-ethyl adjacent to an activating group) is 1. The van der Waals surface area contributed by atoms with E-state index in [-0.39, 0.29) is 19.4 Å². The molecular formula is C25H33NO5. The van der Waals surface area contributed by atoms with Crippen LogP contribution >= 0.6 is 0 Å². The highest BCUT2D eigenvalue weighted by Gasteiger charge is 2.18. The third-order valence-corrected chi connectivity index (χ3v) is 4.81. The van der Waals surface area contributed by atoms with Gasteiger partial charge in [0, 0.05) is 6.54 Å². The van der Waals surface area contributed by atoms with Crippen molar-refractivity contribution in [2.24, 2.45) is 0 Å². The fraction of sp³-hybridized carbons (Fsp3) is 0.440. The summed E-state index contributed by atoms with van der Waals surface area (Å²) in [7, 11) is 3.78. The van der Waals surface area contributed by atoms with Crippen LogP contribution in [0, 0.1) is 0 Å². The molecule has 0 heterocycles. The number of carbonyl (C=O) groups is 2. The number of hydrogen-bond acceptors (Lipinski definition) is 5. The lowest BCUT2D eigenvalue weighted by molar-refractivity contribution is -0.153. The van der Waals surface area contributed by atoms with Crippen molar-refractivity contribution < 1.29 is 24.2 Å². The summed E-state index contributed by atoms with van der Waals surface area (Å²) in [6.07, 6.45) is 3.28. The predicted octanol–water partition coefficient (Wildman–Crippen LogP) is 3.97. The van der Waals surface area contributed by atoms with Gasteiger partial charge in [0.05, 0.1) is 12.8 Å². The predicted molar refractivity (Wildman–Crippen MR) is 120 cm³/mol. The van der Waals surface area contributed by atoms with Gasteiger partial charge < -0.3 is 19.5 Å². The number of para-hydroxylation sites is 1. The minimum Gasteiger partial charge on any atom is -0.489 e. The van der Waals surface area contributed by atoms with Crippen molar-refractivity contribution in [2.75, 3.05) is 27.2 Å². The lowest BCUT2D eigenvalue weighted by Crippen LogP contribution is -2.35. The SMILES string of the molecule is CN(C)CC(COc1ccccc1CCCCc1ccccc1)OC(=O)CCC(=O)O. The van der Waals surface area contributed by atoms with E-state index in [9.17, 15) is 9.59 Å². The number of rotatable bonds is 14. The number of hydrogen-bond donors (Lipinski definition) is 1. The molecule has 6 nitrogen and oxygen atoms in total. The molecule has 168 valence electrons. The van der Waals surface area contributed by atoms with Crippen molar-refractivity contribution in [1.29, 1.82) is 0 Å². The molecule has 0 saturated heterocycles. The topological polar surface area (TPSA) is 76.1 Å². The molecule has 6 heteroatoms. The van der Waals surface area contributed by atoms with E-state index in [1.165, 1.54) is 5.56 Å². The van der Waals surface area contributed by atoms with Gasteiger partial charge in [0.2, 0.25) is 0 Å². The first-order valence-electron chi connectivity index (χ1n) is 10.7. The van der Waals surface area contributed by atoms with Gasteiger partial charge >= 0.3 is 11.9 Å². The third-order valence-electron chi connectivity index (χ3n) is 4.81. The summed E-state index contributed by atoms with van der Waals surface area (Å²) in [6.45, 7) is 0.718. The Labute approximate surface area is 184 Å². The Morgan fingerprint density at radius 3 is 2.32 bits per heavy atom. The average molecular weight is 428 g/mol. The molecule has 0 saturated carbocycles. The van der Waals surface area contributed by atoms with Crippen LogP contribution in [0.5, 0.6) is 5.75 Å². The Morgan fingerprint density at radius 2 is 1.61 bits per heavy atom. The Bertz CT molecular complexity index is 807. The minimum atomic E-state index is -1.02. The standard InChI is InChI=1S/C25H33NO5/c1-26(2)18-22(31-25(29)17-16-24(27)28)19-30-23-15-9-8-14-21(23)13-7-6-12-20-10-4-3-5-11-20/h3-5,8-11,14-15,22H,6-7,12-13,16-19H2,1-2H3,(H,27,28). The smallest absolute Gasteiger partial charge is 0.306 e. The number of esters is 1. The number of carboxylic acids is 1. The first kappa shape index (κ1) is 24.4. The maximum atomic E-state index is 11.9. The van der Waals surface area contributed by atoms with E-state index >= 15 is 0 Å². The number of benzene rings is 2. The second-order valence-electron chi connectivity index (χ2n) is 7.88. The fourth-order valence-electron chi connectivity index (χ4n) is 3.31. The van der Waals surface area contributed by atoms with Crippen LogP contribution in [0.3, 0.4) is 0 Å². The van der Waals surface area contributed by atoms with Gasteiger partial charge in [0.1, 0.15) is 18.5 Å². The van der Waals surface area contributed by atoms with E-state index in [4.69, 9.17) is 14.6 Å². The van der Waals surface area contributed by atoms with Crippen LogP contribution < -0.4 is 4.74 Å². The zero-order valence-corrected chi connectivity index (χ0v) is 18.5. The summed E-state index contributed by atoms with van der Waals surface area (Å²) in [5.74, 6) is -0.738. The summed E-state index contributed by atoms with van der Waals surface area (Å²) in [5, 5.41) is 8.74. The zero-order chi connectivity index (χ0) is 22.5. The monoisotopic (exact) mass is 427 g/mol. The summed E-state index contributed by atoms with van der Waals surface area (Å²) in [4.78, 5) is 24.5. The maximum absolute atomic E-state index is 11.9. The van der Waals surface area contributed by atoms with Crippen molar-refractivity contribution in [3.05, 3.63) is 65.7 Å². The Kier molecular flexibility index (Phi) is 10.6. The normalized spacial score (nSPS) is 11.8. The van der Waals surface area contributed by atoms with E-state index in [2.05, 4.69) is 30.3 Å². The second kappa shape index (κ2) is 13.4. The average Bonchev–Trinajstić information content (AvgIpc) is 2.74. The third kappa shape index (κ3) is 10.1. The molecule has 0 aliphatic rings. The van der Waals surface area contributed by atoms with Gasteiger partial charge in [-0.3, -0.25) is 9.59 Å². The highest BCUT2D eigenvalue weighted by molar-refractivity contribution is 5.76. The molecule has 0 aliphatic heterocycles. The number of carboxylic acid groups (broad SMARTS) is 1. The Morgan fingerprint density at radius 1 is 0.935 bits per heavy atom. The molecule has 0 fully saturated rings. The van der Waals surface area contributed by atoms with E-state index in [1.807, 2.05) is 43.3 Å². The van der Waals surface area contributed by atoms with Crippen molar-refractivity contribution in [3.63, 3.8) is 0 Å². The van der Waals surface area contributed by atoms with Gasteiger partial charge in [0.15, 0.2) is 0 Å². The van der Waals surface area contributed by atoms with Crippen LogP contribution in [-0.2, 0) is 27.2 Å². The quantitative estimate of drug-likeness (QED) is 0.363. The van der Waals surface area contributed by atoms with E-state index in [1.54, 1.807) is 0 Å². The number of carbonyl (C=O) groups excluding carboxylic acids is 1. The van der Waals surface area contributed by atoms with Crippen molar-refractivity contribution in [1.82, 2.24) is 4.90 Å². The Balaban J connectivity index is 1.86. The van der Waals surface area contributed by atoms with Crippen LogP contribution in [0.1, 0.15) is 36.8 Å². The van der Waals surface area contributed by atoms with E-state index in [0.29, 0.717) is 6.54 Å². The molecule has 2 rings (SSSR count). The highest BCUT2D eigenvalue weighted by Crippen LogP contribution is 2.21.